The summed E-state index contributed by atoms with van der Waals surface area (Å²) in [5, 5.41) is 7.24. The van der Waals surface area contributed by atoms with Gasteiger partial charge in [-0.25, -0.2) is 9.07 Å². The lowest BCUT2D eigenvalue weighted by Gasteiger charge is -2.15. The molecule has 5 rings (SSSR count). The number of carbonyl (C=O) groups is 1. The number of fused-ring (bicyclic) bond motifs is 3. The Balaban J connectivity index is 1.38. The number of aromatic nitrogens is 2. The molecule has 0 saturated carbocycles. The number of carbonyl (C=O) groups excluding carboxylic acids is 1. The van der Waals surface area contributed by atoms with Crippen LogP contribution < -0.4 is 10.9 Å². The van der Waals surface area contributed by atoms with Gasteiger partial charge in [-0.3, -0.25) is 9.59 Å². The molecule has 1 heterocycles. The fraction of sp³-hybridized carbons (Fsp3) is 0.115. The van der Waals surface area contributed by atoms with E-state index in [-0.39, 0.29) is 17.3 Å². The Labute approximate surface area is 184 Å². The summed E-state index contributed by atoms with van der Waals surface area (Å²) in [5.74, 6) is -0.696. The zero-order chi connectivity index (χ0) is 22.2. The Hall–Kier alpha value is -4.06. The van der Waals surface area contributed by atoms with Gasteiger partial charge in [0.1, 0.15) is 11.9 Å². The highest BCUT2D eigenvalue weighted by Gasteiger charge is 2.21. The van der Waals surface area contributed by atoms with E-state index in [0.717, 1.165) is 16.7 Å². The molecule has 0 radical (unpaired) electrons. The number of halogens is 1. The molecule has 1 aliphatic rings. The van der Waals surface area contributed by atoms with Crippen molar-refractivity contribution in [1.29, 1.82) is 0 Å². The molecule has 32 heavy (non-hydrogen) atoms. The van der Waals surface area contributed by atoms with E-state index in [9.17, 15) is 14.0 Å². The Morgan fingerprint density at radius 1 is 0.969 bits per heavy atom. The van der Waals surface area contributed by atoms with Crippen LogP contribution in [0.5, 0.6) is 0 Å². The lowest BCUT2D eigenvalue weighted by Crippen LogP contribution is -2.33. The van der Waals surface area contributed by atoms with Crippen LogP contribution in [0.3, 0.4) is 0 Å². The minimum atomic E-state index is -0.826. The molecular formula is C26H20FN3O2. The van der Waals surface area contributed by atoms with Crippen molar-refractivity contribution in [3.63, 3.8) is 0 Å². The van der Waals surface area contributed by atoms with Gasteiger partial charge >= 0.3 is 0 Å². The molecular weight excluding hydrogens is 405 g/mol. The van der Waals surface area contributed by atoms with Gasteiger partial charge in [-0.05, 0) is 78.1 Å². The van der Waals surface area contributed by atoms with Crippen molar-refractivity contribution in [3.8, 4) is 22.4 Å². The molecule has 1 aliphatic carbocycles. The Morgan fingerprint density at radius 3 is 2.53 bits per heavy atom. The normalized spacial score (nSPS) is 12.7. The SMILES string of the molecule is CC(C(=O)Nc1ccc2c(c1)Cc1ccccc1-2)n1nc(-c2ccc(F)cc2)ccc1=O. The summed E-state index contributed by atoms with van der Waals surface area (Å²) >= 11 is 0. The number of anilines is 1. The van der Waals surface area contributed by atoms with Gasteiger partial charge in [-0.15, -0.1) is 0 Å². The second-order valence-corrected chi connectivity index (χ2v) is 7.88. The summed E-state index contributed by atoms with van der Waals surface area (Å²) in [7, 11) is 0. The Kier molecular flexibility index (Phi) is 4.90. The van der Waals surface area contributed by atoms with Crippen molar-refractivity contribution < 1.29 is 9.18 Å². The van der Waals surface area contributed by atoms with Crippen molar-refractivity contribution >= 4 is 11.6 Å². The van der Waals surface area contributed by atoms with E-state index < -0.39 is 6.04 Å². The van der Waals surface area contributed by atoms with E-state index in [1.807, 2.05) is 30.3 Å². The molecule has 5 nitrogen and oxygen atoms in total. The van der Waals surface area contributed by atoms with Crippen LogP contribution in [0.2, 0.25) is 0 Å². The van der Waals surface area contributed by atoms with Crippen molar-refractivity contribution in [3.05, 3.63) is 106 Å². The first-order chi connectivity index (χ1) is 15.5. The molecule has 0 saturated heterocycles. The van der Waals surface area contributed by atoms with Crippen LogP contribution in [0.4, 0.5) is 10.1 Å². The van der Waals surface area contributed by atoms with Gasteiger partial charge in [0.2, 0.25) is 5.91 Å². The zero-order valence-corrected chi connectivity index (χ0v) is 17.4. The molecule has 4 aromatic rings. The summed E-state index contributed by atoms with van der Waals surface area (Å²) in [4.78, 5) is 25.3. The Bertz CT molecular complexity index is 1390. The van der Waals surface area contributed by atoms with E-state index in [1.54, 1.807) is 25.1 Å². The maximum Gasteiger partial charge on any atom is 0.267 e. The van der Waals surface area contributed by atoms with Gasteiger partial charge in [-0.2, -0.15) is 5.10 Å². The number of rotatable bonds is 4. The fourth-order valence-electron chi connectivity index (χ4n) is 4.06. The standard InChI is InChI=1S/C26H20FN3O2/c1-16(30-25(31)13-12-24(29-30)17-6-8-20(27)9-7-17)26(32)28-21-10-11-23-19(15-21)14-18-4-2-3-5-22(18)23/h2-13,15-16H,14H2,1H3,(H,28,32). The molecule has 1 atom stereocenters. The lowest BCUT2D eigenvalue weighted by molar-refractivity contribution is -0.119. The highest BCUT2D eigenvalue weighted by atomic mass is 19.1. The predicted molar refractivity (Wildman–Crippen MR) is 122 cm³/mol. The molecule has 1 unspecified atom stereocenters. The van der Waals surface area contributed by atoms with Crippen molar-refractivity contribution in [2.45, 2.75) is 19.4 Å². The third kappa shape index (κ3) is 3.60. The maximum absolute atomic E-state index is 13.2. The first-order valence-corrected chi connectivity index (χ1v) is 10.4. The van der Waals surface area contributed by atoms with Crippen LogP contribution in [-0.4, -0.2) is 15.7 Å². The number of nitrogens with zero attached hydrogens (tertiary/aromatic N) is 2. The fourth-order valence-corrected chi connectivity index (χ4v) is 4.06. The van der Waals surface area contributed by atoms with Crippen LogP contribution in [0.25, 0.3) is 22.4 Å². The summed E-state index contributed by atoms with van der Waals surface area (Å²) in [5.41, 5.74) is 6.26. The zero-order valence-electron chi connectivity index (χ0n) is 17.4. The number of amides is 1. The van der Waals surface area contributed by atoms with Crippen LogP contribution >= 0.6 is 0 Å². The van der Waals surface area contributed by atoms with E-state index in [4.69, 9.17) is 0 Å². The summed E-state index contributed by atoms with van der Waals surface area (Å²) < 4.78 is 14.4. The average Bonchev–Trinajstić information content (AvgIpc) is 3.17. The smallest absolute Gasteiger partial charge is 0.267 e. The maximum atomic E-state index is 13.2. The molecule has 1 aromatic heterocycles. The third-order valence-corrected chi connectivity index (χ3v) is 5.77. The van der Waals surface area contributed by atoms with E-state index in [0.29, 0.717) is 16.9 Å². The molecule has 0 fully saturated rings. The van der Waals surface area contributed by atoms with E-state index in [1.165, 1.54) is 34.9 Å². The van der Waals surface area contributed by atoms with Crippen molar-refractivity contribution in [2.24, 2.45) is 0 Å². The van der Waals surface area contributed by atoms with E-state index >= 15 is 0 Å². The minimum absolute atomic E-state index is 0.341. The van der Waals surface area contributed by atoms with E-state index in [2.05, 4.69) is 22.5 Å². The van der Waals surface area contributed by atoms with Gasteiger partial charge in [0.25, 0.3) is 5.56 Å². The first kappa shape index (κ1) is 19.9. The highest BCUT2D eigenvalue weighted by Crippen LogP contribution is 2.37. The third-order valence-electron chi connectivity index (χ3n) is 5.77. The van der Waals surface area contributed by atoms with Crippen LogP contribution in [0.15, 0.2) is 83.7 Å². The molecule has 0 spiro atoms. The number of hydrogen-bond donors (Lipinski definition) is 1. The number of hydrogen-bond acceptors (Lipinski definition) is 3. The van der Waals surface area contributed by atoms with Gasteiger partial charge in [-0.1, -0.05) is 30.3 Å². The van der Waals surface area contributed by atoms with Crippen LogP contribution in [0, 0.1) is 5.82 Å². The van der Waals surface area contributed by atoms with Crippen molar-refractivity contribution in [1.82, 2.24) is 9.78 Å². The molecule has 0 aliphatic heterocycles. The monoisotopic (exact) mass is 425 g/mol. The molecule has 158 valence electrons. The minimum Gasteiger partial charge on any atom is -0.324 e. The van der Waals surface area contributed by atoms with Crippen LogP contribution in [-0.2, 0) is 11.2 Å². The second-order valence-electron chi connectivity index (χ2n) is 7.88. The van der Waals surface area contributed by atoms with Gasteiger partial charge < -0.3 is 5.32 Å². The Morgan fingerprint density at radius 2 is 1.72 bits per heavy atom. The molecule has 3 aromatic carbocycles. The second kappa shape index (κ2) is 7.89. The molecule has 6 heteroatoms. The quantitative estimate of drug-likeness (QED) is 0.449. The molecule has 1 amide bonds. The molecule has 0 bridgehead atoms. The highest BCUT2D eigenvalue weighted by molar-refractivity contribution is 5.94. The van der Waals surface area contributed by atoms with Gasteiger partial charge in [0, 0.05) is 17.3 Å². The molecule has 1 N–H and O–H groups in total. The topological polar surface area (TPSA) is 64.0 Å². The van der Waals surface area contributed by atoms with Crippen molar-refractivity contribution in [2.75, 3.05) is 5.32 Å². The number of benzene rings is 3. The predicted octanol–water partition coefficient (Wildman–Crippen LogP) is 4.82. The van der Waals surface area contributed by atoms with Crippen LogP contribution in [0.1, 0.15) is 24.1 Å². The lowest BCUT2D eigenvalue weighted by atomic mass is 10.1. The summed E-state index contributed by atoms with van der Waals surface area (Å²) in [6, 6.07) is 22.1. The first-order valence-electron chi connectivity index (χ1n) is 10.4. The number of nitrogens with one attached hydrogen (secondary N) is 1. The van der Waals surface area contributed by atoms with Gasteiger partial charge in [0.15, 0.2) is 0 Å². The largest absolute Gasteiger partial charge is 0.324 e. The summed E-state index contributed by atoms with van der Waals surface area (Å²) in [6.07, 6.45) is 0.825. The van der Waals surface area contributed by atoms with Gasteiger partial charge in [0.05, 0.1) is 5.69 Å². The average molecular weight is 425 g/mol. The summed E-state index contributed by atoms with van der Waals surface area (Å²) in [6.45, 7) is 1.63.